The molecule has 2 aromatic carbocycles. The van der Waals surface area contributed by atoms with E-state index in [2.05, 4.69) is 15.1 Å². The molecule has 0 saturated carbocycles. The Morgan fingerprint density at radius 1 is 0.812 bits per heavy atom. The Kier molecular flexibility index (Phi) is 3.95. The summed E-state index contributed by atoms with van der Waals surface area (Å²) < 4.78 is 0. The molecule has 0 bridgehead atoms. The van der Waals surface area contributed by atoms with Crippen molar-refractivity contribution in [2.45, 2.75) is 0 Å². The molecule has 0 amide bonds. The maximum atomic E-state index is 6.65. The van der Waals surface area contributed by atoms with Gasteiger partial charge in [-0.15, -0.1) is 0 Å². The molecule has 0 aliphatic carbocycles. The molecule has 82 valence electrons. The Labute approximate surface area is 113 Å². The van der Waals surface area contributed by atoms with Gasteiger partial charge >= 0.3 is 113 Å². The van der Waals surface area contributed by atoms with Gasteiger partial charge in [0.25, 0.3) is 0 Å². The molecule has 0 fully saturated rings. The molecule has 2 rings (SSSR count). The van der Waals surface area contributed by atoms with Crippen molar-refractivity contribution >= 4 is 53.4 Å². The number of hydrogen-bond acceptors (Lipinski definition) is 0. The fourth-order valence-electron chi connectivity index (χ4n) is 1.40. The summed E-state index contributed by atoms with van der Waals surface area (Å²) in [6.45, 7) is 0. The van der Waals surface area contributed by atoms with E-state index in [-0.39, 0.29) is 0 Å². The zero-order valence-corrected chi connectivity index (χ0v) is 12.4. The van der Waals surface area contributed by atoms with Crippen LogP contribution < -0.4 is 10.6 Å². The third-order valence-corrected chi connectivity index (χ3v) is 8.25. The van der Waals surface area contributed by atoms with Gasteiger partial charge in [-0.3, -0.25) is 0 Å². The fourth-order valence-corrected chi connectivity index (χ4v) is 5.12. The van der Waals surface area contributed by atoms with E-state index in [0.717, 1.165) is 15.6 Å². The van der Waals surface area contributed by atoms with Crippen LogP contribution in [-0.2, 0) is 0 Å². The van der Waals surface area contributed by atoms with Crippen molar-refractivity contribution < 1.29 is 0 Å². The van der Waals surface area contributed by atoms with Crippen LogP contribution in [0.15, 0.2) is 54.6 Å². The first-order valence-corrected chi connectivity index (χ1v) is 10.0. The summed E-state index contributed by atoms with van der Waals surface area (Å²) in [5, 5.41) is 2.97. The van der Waals surface area contributed by atoms with Crippen LogP contribution >= 0.6 is 27.7 Å². The van der Waals surface area contributed by atoms with Crippen molar-refractivity contribution in [1.82, 2.24) is 0 Å². The molecule has 0 spiro atoms. The van der Waals surface area contributed by atoms with Crippen LogP contribution in [0.3, 0.4) is 0 Å². The molecule has 0 aromatic heterocycles. The van der Waals surface area contributed by atoms with Gasteiger partial charge in [0.05, 0.1) is 0 Å². The van der Waals surface area contributed by atoms with Gasteiger partial charge in [0, 0.05) is 0 Å². The molecule has 0 aliphatic rings. The third-order valence-electron chi connectivity index (χ3n) is 2.25. The Morgan fingerprint density at radius 2 is 1.31 bits per heavy atom. The second-order valence-corrected chi connectivity index (χ2v) is 12.2. The topological polar surface area (TPSA) is 0 Å². The average Bonchev–Trinajstić information content (AvgIpc) is 2.31. The minimum absolute atomic E-state index is 0.730. The maximum absolute atomic E-state index is 6.65. The minimum atomic E-state index is -1.88. The molecule has 4 heteroatoms. The van der Waals surface area contributed by atoms with E-state index in [1.165, 1.54) is 0 Å². The summed E-state index contributed by atoms with van der Waals surface area (Å²) in [5.74, 6) is 0. The first-order chi connectivity index (χ1) is 7.60. The molecule has 0 nitrogen and oxygen atoms in total. The van der Waals surface area contributed by atoms with E-state index in [1.54, 1.807) is 0 Å². The van der Waals surface area contributed by atoms with Crippen molar-refractivity contribution in [2.75, 3.05) is 0 Å². The van der Waals surface area contributed by atoms with Crippen LogP contribution in [0, 0.1) is 0 Å². The average molecular weight is 334 g/mol. The van der Waals surface area contributed by atoms with E-state index >= 15 is 0 Å². The Bertz CT molecular complexity index is 522. The van der Waals surface area contributed by atoms with Crippen molar-refractivity contribution in [1.29, 1.82) is 0 Å². The predicted molar refractivity (Wildman–Crippen MR) is 75.7 cm³/mol. The van der Waals surface area contributed by atoms with E-state index < -0.39 is 4.86 Å². The molecular weight excluding hydrogens is 325 g/mol. The molecule has 0 aliphatic heterocycles. The SMILES string of the molecule is Clc1ccc(P(Cl)(=[Se])c2ccccc2)cc1. The summed E-state index contributed by atoms with van der Waals surface area (Å²) in [6, 6.07) is 17.8. The second kappa shape index (κ2) is 5.08. The monoisotopic (exact) mass is 334 g/mol. The van der Waals surface area contributed by atoms with Gasteiger partial charge in [-0.1, -0.05) is 0 Å². The molecule has 0 radical (unpaired) electrons. The summed E-state index contributed by atoms with van der Waals surface area (Å²) in [5.41, 5.74) is 0. The van der Waals surface area contributed by atoms with Crippen molar-refractivity contribution in [2.24, 2.45) is 0 Å². The Hall–Kier alpha value is -0.0305. The van der Waals surface area contributed by atoms with E-state index in [9.17, 15) is 0 Å². The number of hydrogen-bond donors (Lipinski definition) is 0. The fraction of sp³-hybridized carbons (Fsp3) is 0. The van der Waals surface area contributed by atoms with Gasteiger partial charge in [0.2, 0.25) is 0 Å². The Morgan fingerprint density at radius 3 is 1.88 bits per heavy atom. The third kappa shape index (κ3) is 2.62. The first kappa shape index (κ1) is 12.4. The first-order valence-electron chi connectivity index (χ1n) is 4.72. The van der Waals surface area contributed by atoms with Crippen molar-refractivity contribution in [3.05, 3.63) is 59.6 Å². The molecule has 16 heavy (non-hydrogen) atoms. The van der Waals surface area contributed by atoms with E-state index in [1.807, 2.05) is 54.6 Å². The van der Waals surface area contributed by atoms with Gasteiger partial charge in [-0.2, -0.15) is 0 Å². The van der Waals surface area contributed by atoms with Gasteiger partial charge in [0.1, 0.15) is 0 Å². The summed E-state index contributed by atoms with van der Waals surface area (Å²) in [4.78, 5) is -1.88. The number of rotatable bonds is 2. The van der Waals surface area contributed by atoms with Gasteiger partial charge in [-0.25, -0.2) is 0 Å². The molecule has 0 N–H and O–H groups in total. The Balaban J connectivity index is 2.47. The zero-order valence-electron chi connectivity index (χ0n) is 8.31. The van der Waals surface area contributed by atoms with Crippen LogP contribution in [0.25, 0.3) is 0 Å². The van der Waals surface area contributed by atoms with Crippen LogP contribution in [0.2, 0.25) is 5.02 Å². The number of halogens is 2. The standard InChI is InChI=1S/C12H9Cl2PSe/c13-10-6-8-12(9-7-10)15(14,16)11-4-2-1-3-5-11/h1-9H. The van der Waals surface area contributed by atoms with Crippen LogP contribution in [-0.4, -0.2) is 15.1 Å². The van der Waals surface area contributed by atoms with Crippen molar-refractivity contribution in [3.63, 3.8) is 0 Å². The molecule has 1 atom stereocenters. The van der Waals surface area contributed by atoms with E-state index in [0.29, 0.717) is 0 Å². The quantitative estimate of drug-likeness (QED) is 0.582. The predicted octanol–water partition coefficient (Wildman–Crippen LogP) is 3.55. The molecular formula is C12H9Cl2PSe. The molecule has 1 unspecified atom stereocenters. The summed E-state index contributed by atoms with van der Waals surface area (Å²) >= 11 is 15.7. The van der Waals surface area contributed by atoms with Gasteiger partial charge < -0.3 is 0 Å². The van der Waals surface area contributed by atoms with Gasteiger partial charge in [-0.05, 0) is 0 Å². The zero-order chi connectivity index (χ0) is 11.6. The van der Waals surface area contributed by atoms with Crippen LogP contribution in [0.1, 0.15) is 0 Å². The second-order valence-electron chi connectivity index (χ2n) is 3.34. The van der Waals surface area contributed by atoms with Crippen LogP contribution in [0.5, 0.6) is 0 Å². The molecule has 0 heterocycles. The molecule has 0 saturated heterocycles. The summed E-state index contributed by atoms with van der Waals surface area (Å²) in [6.07, 6.45) is 0. The van der Waals surface area contributed by atoms with Crippen molar-refractivity contribution in [3.8, 4) is 0 Å². The van der Waals surface area contributed by atoms with E-state index in [4.69, 9.17) is 22.8 Å². The normalized spacial score (nSPS) is 14.4. The molecule has 2 aromatic rings. The summed E-state index contributed by atoms with van der Waals surface area (Å²) in [7, 11) is 0. The van der Waals surface area contributed by atoms with Gasteiger partial charge in [0.15, 0.2) is 0 Å². The number of benzene rings is 2. The van der Waals surface area contributed by atoms with Crippen LogP contribution in [0.4, 0.5) is 0 Å².